The van der Waals surface area contributed by atoms with Crippen LogP contribution in [0.3, 0.4) is 0 Å². The van der Waals surface area contributed by atoms with Gasteiger partial charge in [0.15, 0.2) is 0 Å². The third-order valence-corrected chi connectivity index (χ3v) is 4.97. The van der Waals surface area contributed by atoms with Crippen molar-refractivity contribution >= 4 is 35.5 Å². The summed E-state index contributed by atoms with van der Waals surface area (Å²) in [5, 5.41) is 5.65. The fourth-order valence-electron chi connectivity index (χ4n) is 3.30. The average Bonchev–Trinajstić information content (AvgIpc) is 2.80. The molecule has 0 aliphatic rings. The van der Waals surface area contributed by atoms with Crippen LogP contribution in [0.4, 0.5) is 4.79 Å². The van der Waals surface area contributed by atoms with Crippen molar-refractivity contribution in [2.45, 2.75) is 66.2 Å². The van der Waals surface area contributed by atoms with Crippen LogP contribution in [-0.4, -0.2) is 59.1 Å². The summed E-state index contributed by atoms with van der Waals surface area (Å²) >= 11 is 0. The number of ether oxygens (including phenoxy) is 1. The number of hydrogen-bond acceptors (Lipinski definition) is 7. The molecular formula is C25H37N5O7. The van der Waals surface area contributed by atoms with E-state index in [4.69, 9.17) is 10.5 Å². The second-order valence-corrected chi connectivity index (χ2v) is 9.47. The molecule has 0 saturated heterocycles. The molecule has 0 aliphatic carbocycles. The van der Waals surface area contributed by atoms with Gasteiger partial charge in [0.1, 0.15) is 25.2 Å². The Morgan fingerprint density at radius 3 is 1.89 bits per heavy atom. The number of carbonyl (C=O) groups is 6. The van der Waals surface area contributed by atoms with Gasteiger partial charge in [-0.2, -0.15) is 0 Å². The van der Waals surface area contributed by atoms with E-state index in [1.54, 1.807) is 24.3 Å². The minimum atomic E-state index is -1.14. The Morgan fingerprint density at radius 1 is 0.865 bits per heavy atom. The van der Waals surface area contributed by atoms with Crippen molar-refractivity contribution in [3.63, 3.8) is 0 Å². The molecule has 1 rings (SSSR count). The van der Waals surface area contributed by atoms with Crippen LogP contribution in [-0.2, 0) is 35.3 Å². The van der Waals surface area contributed by atoms with Gasteiger partial charge in [0.25, 0.3) is 5.91 Å². The van der Waals surface area contributed by atoms with E-state index in [2.05, 4.69) is 16.1 Å². The summed E-state index contributed by atoms with van der Waals surface area (Å²) in [5.41, 5.74) is 8.09. The highest BCUT2D eigenvalue weighted by Gasteiger charge is 2.31. The molecule has 204 valence electrons. The van der Waals surface area contributed by atoms with E-state index in [1.165, 1.54) is 0 Å². The summed E-state index contributed by atoms with van der Waals surface area (Å²) in [7, 11) is 0. The quantitative estimate of drug-likeness (QED) is 0.220. The zero-order valence-electron chi connectivity index (χ0n) is 21.9. The van der Waals surface area contributed by atoms with E-state index in [9.17, 15) is 28.8 Å². The number of Topliss-reactive ketones (excluding diaryl/α,β-unsaturated/α-hetero) is 1. The largest absolute Gasteiger partial charge is 0.445 e. The molecule has 0 radical (unpaired) electrons. The van der Waals surface area contributed by atoms with Crippen molar-refractivity contribution in [2.75, 3.05) is 6.54 Å². The van der Waals surface area contributed by atoms with Crippen LogP contribution in [0, 0.1) is 11.8 Å². The van der Waals surface area contributed by atoms with Crippen LogP contribution in [0.5, 0.6) is 0 Å². The molecule has 0 fully saturated rings. The van der Waals surface area contributed by atoms with Crippen LogP contribution in [0.1, 0.15) is 53.0 Å². The molecule has 1 aromatic carbocycles. The van der Waals surface area contributed by atoms with Gasteiger partial charge in [-0.05, 0) is 30.2 Å². The lowest BCUT2D eigenvalue weighted by atomic mass is 10.0. The van der Waals surface area contributed by atoms with Gasteiger partial charge in [0, 0.05) is 6.92 Å². The van der Waals surface area contributed by atoms with Gasteiger partial charge in [0.05, 0.1) is 0 Å². The maximum absolute atomic E-state index is 13.1. The van der Waals surface area contributed by atoms with Gasteiger partial charge in [-0.25, -0.2) is 9.80 Å². The second kappa shape index (κ2) is 15.2. The first-order valence-corrected chi connectivity index (χ1v) is 12.0. The Kier molecular flexibility index (Phi) is 12.8. The molecule has 0 saturated carbocycles. The fraction of sp³-hybridized carbons (Fsp3) is 0.520. The molecule has 1 unspecified atom stereocenters. The van der Waals surface area contributed by atoms with Crippen molar-refractivity contribution in [2.24, 2.45) is 17.6 Å². The standard InChI is InChI=1S/C25H37N5O7/c1-15(2)11-19(28-25(36)37-14-18-9-7-6-8-10-18)22(33)27-20(12-16(3)4)23(34)29-30(13-21(26)32)24(35)17(5)31/h6-10,15-16,19-20H,11-14H2,1-5H3,(H2,26,32)(H,27,33)(H,28,36)(H,29,34)/t19?,20-/m0/s1. The average molecular weight is 520 g/mol. The first kappa shape index (κ1) is 31.1. The Balaban J connectivity index is 2.96. The molecule has 5 N–H and O–H groups in total. The maximum Gasteiger partial charge on any atom is 0.408 e. The molecule has 0 aromatic heterocycles. The predicted octanol–water partition coefficient (Wildman–Crippen LogP) is 0.793. The Labute approximate surface area is 216 Å². The Hall–Kier alpha value is -3.96. The van der Waals surface area contributed by atoms with Gasteiger partial charge >= 0.3 is 12.0 Å². The molecule has 1 aromatic rings. The van der Waals surface area contributed by atoms with E-state index in [0.717, 1.165) is 12.5 Å². The smallest absolute Gasteiger partial charge is 0.408 e. The zero-order chi connectivity index (χ0) is 28.1. The van der Waals surface area contributed by atoms with Crippen molar-refractivity contribution in [3.8, 4) is 0 Å². The molecule has 12 heteroatoms. The number of carbonyl (C=O) groups excluding carboxylic acids is 6. The number of nitrogens with two attached hydrogens (primary N) is 1. The van der Waals surface area contributed by atoms with E-state index < -0.39 is 54.1 Å². The van der Waals surface area contributed by atoms with E-state index in [1.807, 2.05) is 33.8 Å². The molecular weight excluding hydrogens is 482 g/mol. The summed E-state index contributed by atoms with van der Waals surface area (Å²) in [4.78, 5) is 73.4. The first-order chi connectivity index (χ1) is 17.3. The van der Waals surface area contributed by atoms with Crippen LogP contribution >= 0.6 is 0 Å². The third kappa shape index (κ3) is 12.0. The number of ketones is 1. The normalized spacial score (nSPS) is 12.3. The predicted molar refractivity (Wildman–Crippen MR) is 134 cm³/mol. The molecule has 0 aliphatic heterocycles. The molecule has 2 atom stereocenters. The fourth-order valence-corrected chi connectivity index (χ4v) is 3.30. The van der Waals surface area contributed by atoms with Gasteiger partial charge in [-0.3, -0.25) is 29.4 Å². The zero-order valence-corrected chi connectivity index (χ0v) is 21.9. The summed E-state index contributed by atoms with van der Waals surface area (Å²) in [5.74, 6) is -4.50. The third-order valence-electron chi connectivity index (χ3n) is 4.97. The van der Waals surface area contributed by atoms with E-state index in [-0.39, 0.29) is 31.3 Å². The highest BCUT2D eigenvalue weighted by molar-refractivity contribution is 6.35. The molecule has 0 heterocycles. The first-order valence-electron chi connectivity index (χ1n) is 12.0. The van der Waals surface area contributed by atoms with Crippen LogP contribution < -0.4 is 21.8 Å². The minimum absolute atomic E-state index is 0.0148. The topological polar surface area (TPSA) is 177 Å². The summed E-state index contributed by atoms with van der Waals surface area (Å²) in [6, 6.07) is 6.88. The Morgan fingerprint density at radius 2 is 1.41 bits per heavy atom. The van der Waals surface area contributed by atoms with E-state index >= 15 is 0 Å². The molecule has 0 spiro atoms. The summed E-state index contributed by atoms with van der Waals surface area (Å²) in [6.07, 6.45) is -0.364. The van der Waals surface area contributed by atoms with E-state index in [0.29, 0.717) is 5.01 Å². The Bertz CT molecular complexity index is 965. The van der Waals surface area contributed by atoms with Gasteiger partial charge < -0.3 is 21.1 Å². The van der Waals surface area contributed by atoms with Crippen molar-refractivity contribution in [1.29, 1.82) is 0 Å². The van der Waals surface area contributed by atoms with Crippen LogP contribution in [0.15, 0.2) is 30.3 Å². The van der Waals surface area contributed by atoms with Gasteiger partial charge in [-0.15, -0.1) is 0 Å². The summed E-state index contributed by atoms with van der Waals surface area (Å²) < 4.78 is 5.22. The number of primary amides is 1. The van der Waals surface area contributed by atoms with Gasteiger partial charge in [-0.1, -0.05) is 58.0 Å². The highest BCUT2D eigenvalue weighted by atomic mass is 16.5. The lowest BCUT2D eigenvalue weighted by molar-refractivity contribution is -0.150. The number of nitrogens with zero attached hydrogens (tertiary/aromatic N) is 1. The number of benzene rings is 1. The second-order valence-electron chi connectivity index (χ2n) is 9.47. The molecule has 5 amide bonds. The maximum atomic E-state index is 13.1. The monoisotopic (exact) mass is 519 g/mol. The minimum Gasteiger partial charge on any atom is -0.445 e. The van der Waals surface area contributed by atoms with Crippen LogP contribution in [0.25, 0.3) is 0 Å². The molecule has 0 bridgehead atoms. The molecule has 37 heavy (non-hydrogen) atoms. The van der Waals surface area contributed by atoms with Crippen molar-refractivity contribution in [1.82, 2.24) is 21.1 Å². The highest BCUT2D eigenvalue weighted by Crippen LogP contribution is 2.10. The van der Waals surface area contributed by atoms with Gasteiger partial charge in [0.2, 0.25) is 17.6 Å². The number of alkyl carbamates (subject to hydrolysis) is 1. The van der Waals surface area contributed by atoms with Crippen molar-refractivity contribution < 1.29 is 33.5 Å². The number of rotatable bonds is 13. The van der Waals surface area contributed by atoms with Crippen molar-refractivity contribution in [3.05, 3.63) is 35.9 Å². The summed E-state index contributed by atoms with van der Waals surface area (Å²) in [6.45, 7) is 7.64. The number of hydrogen-bond donors (Lipinski definition) is 4. The lowest BCUT2D eigenvalue weighted by Crippen LogP contribution is -2.59. The SMILES string of the molecule is CC(=O)C(=O)N(CC(N)=O)NC(=O)[C@H](CC(C)C)NC(=O)C(CC(C)C)NC(=O)OCc1ccccc1. The number of amides is 5. The molecule has 12 nitrogen and oxygen atoms in total. The number of hydrazine groups is 1. The van der Waals surface area contributed by atoms with Crippen LogP contribution in [0.2, 0.25) is 0 Å². The lowest BCUT2D eigenvalue weighted by Gasteiger charge is -2.27. The number of nitrogens with one attached hydrogen (secondary N) is 3.